The van der Waals surface area contributed by atoms with Crippen molar-refractivity contribution in [3.8, 4) is 0 Å². The highest BCUT2D eigenvalue weighted by Gasteiger charge is 2.20. The number of nitrogens with one attached hydrogen (secondary N) is 1. The number of methoxy groups -OCH3 is 1. The molecule has 31 heavy (non-hydrogen) atoms. The molecule has 3 aromatic rings. The van der Waals surface area contributed by atoms with Crippen LogP contribution in [-0.2, 0) is 30.9 Å². The minimum atomic E-state index is -0.493. The fourth-order valence-electron chi connectivity index (χ4n) is 3.48. The van der Waals surface area contributed by atoms with E-state index in [4.69, 9.17) is 16.3 Å². The molecule has 0 aliphatic heterocycles. The molecule has 0 bridgehead atoms. The third-order valence-corrected chi connectivity index (χ3v) is 5.43. The second-order valence-electron chi connectivity index (χ2n) is 7.21. The summed E-state index contributed by atoms with van der Waals surface area (Å²) in [7, 11) is 1.52. The Labute approximate surface area is 185 Å². The van der Waals surface area contributed by atoms with Crippen molar-refractivity contribution < 1.29 is 13.9 Å². The summed E-state index contributed by atoms with van der Waals surface area (Å²) in [5.74, 6) is -0.842. The van der Waals surface area contributed by atoms with Crippen LogP contribution in [0.15, 0.2) is 59.4 Å². The van der Waals surface area contributed by atoms with Crippen LogP contribution in [-0.4, -0.2) is 17.6 Å². The average Bonchev–Trinajstić information content (AvgIpc) is 2.74. The number of rotatable bonds is 8. The highest BCUT2D eigenvalue weighted by molar-refractivity contribution is 6.31. The van der Waals surface area contributed by atoms with Crippen molar-refractivity contribution in [1.29, 1.82) is 0 Å². The van der Waals surface area contributed by atoms with E-state index in [0.717, 1.165) is 16.8 Å². The lowest BCUT2D eigenvalue weighted by Crippen LogP contribution is -2.33. The average molecular weight is 443 g/mol. The van der Waals surface area contributed by atoms with Gasteiger partial charge in [0, 0.05) is 37.0 Å². The second-order valence-corrected chi connectivity index (χ2v) is 7.61. The number of aromatic nitrogens is 1. The lowest BCUT2D eigenvalue weighted by Gasteiger charge is -2.20. The van der Waals surface area contributed by atoms with Gasteiger partial charge in [0.15, 0.2) is 5.43 Å². The van der Waals surface area contributed by atoms with Gasteiger partial charge in [0.25, 0.3) is 5.91 Å². The number of hydrogen-bond donors (Lipinski definition) is 1. The number of pyridine rings is 1. The molecular formula is C24H24ClFN2O3. The molecule has 1 aromatic heterocycles. The van der Waals surface area contributed by atoms with E-state index in [0.29, 0.717) is 23.7 Å². The minimum absolute atomic E-state index is 0.0497. The Morgan fingerprint density at radius 1 is 1.16 bits per heavy atom. The summed E-state index contributed by atoms with van der Waals surface area (Å²) in [5, 5.41) is 3.43. The van der Waals surface area contributed by atoms with Crippen LogP contribution in [0.3, 0.4) is 0 Å². The normalized spacial score (nSPS) is 10.8. The number of benzene rings is 2. The van der Waals surface area contributed by atoms with Gasteiger partial charge in [0.05, 0.1) is 12.3 Å². The zero-order valence-electron chi connectivity index (χ0n) is 17.5. The van der Waals surface area contributed by atoms with Crippen molar-refractivity contribution in [2.45, 2.75) is 33.0 Å². The van der Waals surface area contributed by atoms with E-state index in [1.807, 2.05) is 35.8 Å². The van der Waals surface area contributed by atoms with Gasteiger partial charge in [-0.15, -0.1) is 0 Å². The standard InChI is InChI=1S/C24H24ClFN2O3/c1-16-13-22(29)23(24(30)27-14-17-7-9-19(26)10-8-17)21(15-31-2)28(16)12-11-18-5-3-4-6-20(18)25/h3-10,13H,11-12,14-15H2,1-2H3,(H,27,30). The van der Waals surface area contributed by atoms with Crippen LogP contribution < -0.4 is 10.7 Å². The van der Waals surface area contributed by atoms with Crippen molar-refractivity contribution in [3.63, 3.8) is 0 Å². The lowest BCUT2D eigenvalue weighted by molar-refractivity contribution is 0.0942. The zero-order chi connectivity index (χ0) is 22.4. The highest BCUT2D eigenvalue weighted by atomic mass is 35.5. The fourth-order valence-corrected chi connectivity index (χ4v) is 3.71. The summed E-state index contributed by atoms with van der Waals surface area (Å²) in [6.45, 7) is 2.65. The summed E-state index contributed by atoms with van der Waals surface area (Å²) in [4.78, 5) is 25.6. The molecule has 0 saturated heterocycles. The number of carbonyl (C=O) groups excluding carboxylic acids is 1. The van der Waals surface area contributed by atoms with Gasteiger partial charge in [-0.05, 0) is 42.7 Å². The van der Waals surface area contributed by atoms with E-state index in [-0.39, 0.29) is 30.0 Å². The molecule has 0 radical (unpaired) electrons. The van der Waals surface area contributed by atoms with E-state index >= 15 is 0 Å². The number of hydrogen-bond acceptors (Lipinski definition) is 3. The zero-order valence-corrected chi connectivity index (χ0v) is 18.2. The lowest BCUT2D eigenvalue weighted by atomic mass is 10.1. The first kappa shape index (κ1) is 22.7. The van der Waals surface area contributed by atoms with Gasteiger partial charge in [0.1, 0.15) is 11.4 Å². The Hall–Kier alpha value is -2.96. The Balaban J connectivity index is 1.88. The monoisotopic (exact) mass is 442 g/mol. The molecule has 0 aliphatic rings. The van der Waals surface area contributed by atoms with Crippen LogP contribution in [0.25, 0.3) is 0 Å². The van der Waals surface area contributed by atoms with Crippen molar-refractivity contribution in [2.24, 2.45) is 0 Å². The molecule has 0 spiro atoms. The van der Waals surface area contributed by atoms with E-state index < -0.39 is 5.91 Å². The predicted octanol–water partition coefficient (Wildman–Crippen LogP) is 4.27. The van der Waals surface area contributed by atoms with Gasteiger partial charge in [0.2, 0.25) is 0 Å². The van der Waals surface area contributed by atoms with Crippen LogP contribution in [0.5, 0.6) is 0 Å². The Bertz CT molecular complexity index is 1130. The Kier molecular flexibility index (Phi) is 7.60. The number of halogens is 2. The summed E-state index contributed by atoms with van der Waals surface area (Å²) in [5.41, 5.74) is 2.64. The van der Waals surface area contributed by atoms with Crippen molar-refractivity contribution >= 4 is 17.5 Å². The summed E-state index contributed by atoms with van der Waals surface area (Å²) in [6, 6.07) is 14.9. The molecule has 5 nitrogen and oxygen atoms in total. The third-order valence-electron chi connectivity index (χ3n) is 5.06. The molecule has 2 aromatic carbocycles. The maximum atomic E-state index is 13.1. The van der Waals surface area contributed by atoms with E-state index in [2.05, 4.69) is 5.32 Å². The van der Waals surface area contributed by atoms with E-state index in [1.54, 1.807) is 12.1 Å². The quantitative estimate of drug-likeness (QED) is 0.566. The number of nitrogens with zero attached hydrogens (tertiary/aromatic N) is 1. The number of carbonyl (C=O) groups is 1. The number of ether oxygens (including phenoxy) is 1. The van der Waals surface area contributed by atoms with Crippen LogP contribution in [0, 0.1) is 12.7 Å². The first-order valence-electron chi connectivity index (χ1n) is 9.89. The summed E-state index contributed by atoms with van der Waals surface area (Å²) >= 11 is 6.28. The predicted molar refractivity (Wildman–Crippen MR) is 119 cm³/mol. The van der Waals surface area contributed by atoms with Gasteiger partial charge < -0.3 is 14.6 Å². The van der Waals surface area contributed by atoms with Crippen molar-refractivity contribution in [3.05, 3.63) is 104 Å². The second kappa shape index (κ2) is 10.4. The van der Waals surface area contributed by atoms with E-state index in [9.17, 15) is 14.0 Å². The third kappa shape index (κ3) is 5.60. The van der Waals surface area contributed by atoms with Crippen LogP contribution in [0.4, 0.5) is 4.39 Å². The summed E-state index contributed by atoms with van der Waals surface area (Å²) < 4.78 is 20.3. The molecule has 1 N–H and O–H groups in total. The molecule has 1 amide bonds. The first-order valence-corrected chi connectivity index (χ1v) is 10.3. The molecule has 0 aliphatic carbocycles. The van der Waals surface area contributed by atoms with Gasteiger partial charge >= 0.3 is 0 Å². The van der Waals surface area contributed by atoms with Gasteiger partial charge in [-0.2, -0.15) is 0 Å². The summed E-state index contributed by atoms with van der Waals surface area (Å²) in [6.07, 6.45) is 0.636. The first-order chi connectivity index (χ1) is 14.9. The van der Waals surface area contributed by atoms with Crippen LogP contribution in [0.2, 0.25) is 5.02 Å². The maximum absolute atomic E-state index is 13.1. The molecule has 3 rings (SSSR count). The molecule has 1 heterocycles. The smallest absolute Gasteiger partial charge is 0.257 e. The number of aryl methyl sites for hydroxylation is 2. The van der Waals surface area contributed by atoms with Crippen LogP contribution in [0.1, 0.15) is 32.9 Å². The SMILES string of the molecule is COCc1c(C(=O)NCc2ccc(F)cc2)c(=O)cc(C)n1CCc1ccccc1Cl. The molecule has 7 heteroatoms. The minimum Gasteiger partial charge on any atom is -0.378 e. The Morgan fingerprint density at radius 2 is 1.87 bits per heavy atom. The fraction of sp³-hybridized carbons (Fsp3) is 0.250. The number of amides is 1. The van der Waals surface area contributed by atoms with Gasteiger partial charge in [-0.1, -0.05) is 41.9 Å². The van der Waals surface area contributed by atoms with Gasteiger partial charge in [-0.25, -0.2) is 4.39 Å². The topological polar surface area (TPSA) is 60.3 Å². The molecule has 162 valence electrons. The molecule has 0 unspecified atom stereocenters. The molecule has 0 fully saturated rings. The Morgan fingerprint density at radius 3 is 2.55 bits per heavy atom. The maximum Gasteiger partial charge on any atom is 0.257 e. The van der Waals surface area contributed by atoms with Crippen molar-refractivity contribution in [1.82, 2.24) is 9.88 Å². The van der Waals surface area contributed by atoms with E-state index in [1.165, 1.54) is 25.3 Å². The molecule has 0 saturated carbocycles. The van der Waals surface area contributed by atoms with Gasteiger partial charge in [-0.3, -0.25) is 9.59 Å². The van der Waals surface area contributed by atoms with Crippen molar-refractivity contribution in [2.75, 3.05) is 7.11 Å². The van der Waals surface area contributed by atoms with Crippen LogP contribution >= 0.6 is 11.6 Å². The largest absolute Gasteiger partial charge is 0.378 e. The molecule has 0 atom stereocenters. The highest BCUT2D eigenvalue weighted by Crippen LogP contribution is 2.18. The molecular weight excluding hydrogens is 419 g/mol.